The maximum Gasteiger partial charge on any atom is 0.261 e. The Balaban J connectivity index is 1.10. The second kappa shape index (κ2) is 12.2. The standard InChI is InChI=1S/C36H48FN9O2/c1-23-17-27(31(37)32(39-23)28-19-38-43(6)24(28)2)33(47)41-34-40-29-8-7-26(18-30(29)46(34)20-35(3,4)48)44-13-9-25(10-14-44)45-21-36(22-45)11-15-42(5)16-12-36/h7-8,17-19,25,48H,9-16,20-22H2,1-6H3,(H,40,41,47). The van der Waals surface area contributed by atoms with E-state index in [2.05, 4.69) is 49.3 Å². The number of nitrogens with one attached hydrogen (secondary N) is 1. The fraction of sp³-hybridized carbons (Fsp3) is 0.556. The predicted molar refractivity (Wildman–Crippen MR) is 186 cm³/mol. The lowest BCUT2D eigenvalue weighted by Crippen LogP contribution is -2.63. The highest BCUT2D eigenvalue weighted by Crippen LogP contribution is 2.42. The average Bonchev–Trinajstić information content (AvgIpc) is 3.54. The smallest absolute Gasteiger partial charge is 0.261 e. The Morgan fingerprint density at radius 1 is 1.06 bits per heavy atom. The molecule has 6 heterocycles. The van der Waals surface area contributed by atoms with Gasteiger partial charge in [-0.05, 0) is 103 Å². The van der Waals surface area contributed by atoms with Crippen LogP contribution in [-0.2, 0) is 13.6 Å². The summed E-state index contributed by atoms with van der Waals surface area (Å²) in [5.41, 5.74) is 3.78. The Bertz CT molecular complexity index is 1830. The Morgan fingerprint density at radius 2 is 1.77 bits per heavy atom. The fourth-order valence-corrected chi connectivity index (χ4v) is 7.82. The van der Waals surface area contributed by atoms with Gasteiger partial charge in [0, 0.05) is 61.9 Å². The van der Waals surface area contributed by atoms with Gasteiger partial charge < -0.3 is 19.5 Å². The van der Waals surface area contributed by atoms with Crippen LogP contribution in [0.25, 0.3) is 22.3 Å². The first-order valence-electron chi connectivity index (χ1n) is 17.2. The van der Waals surface area contributed by atoms with Crippen LogP contribution < -0.4 is 10.2 Å². The number of carbonyl (C=O) groups is 1. The first-order chi connectivity index (χ1) is 22.8. The summed E-state index contributed by atoms with van der Waals surface area (Å²) in [5.74, 6) is -1.10. The number of likely N-dealkylation sites (tertiary alicyclic amines) is 2. The van der Waals surface area contributed by atoms with Gasteiger partial charge in [-0.25, -0.2) is 14.4 Å². The third kappa shape index (κ3) is 6.21. The number of imidazole rings is 1. The van der Waals surface area contributed by atoms with Crippen molar-refractivity contribution in [2.24, 2.45) is 12.5 Å². The number of amides is 1. The fourth-order valence-electron chi connectivity index (χ4n) is 7.82. The predicted octanol–water partition coefficient (Wildman–Crippen LogP) is 4.61. The van der Waals surface area contributed by atoms with Crippen LogP contribution in [0.1, 0.15) is 61.3 Å². The summed E-state index contributed by atoms with van der Waals surface area (Å²) < 4.78 is 19.4. The first-order valence-corrected chi connectivity index (χ1v) is 17.2. The zero-order valence-electron chi connectivity index (χ0n) is 29.1. The molecule has 12 heteroatoms. The van der Waals surface area contributed by atoms with E-state index in [-0.39, 0.29) is 23.8 Å². The van der Waals surface area contributed by atoms with Gasteiger partial charge in [-0.1, -0.05) is 0 Å². The summed E-state index contributed by atoms with van der Waals surface area (Å²) in [6.45, 7) is 14.1. The average molecular weight is 658 g/mol. The second-order valence-corrected chi connectivity index (χ2v) is 15.1. The molecule has 7 rings (SSSR count). The number of aromatic nitrogens is 5. The molecule has 3 fully saturated rings. The molecular formula is C36H48FN9O2. The summed E-state index contributed by atoms with van der Waals surface area (Å²) in [6.07, 6.45) is 6.47. The molecule has 1 amide bonds. The molecule has 3 aromatic heterocycles. The molecule has 256 valence electrons. The molecule has 48 heavy (non-hydrogen) atoms. The number of aryl methyl sites for hydroxylation is 2. The number of hydrogen-bond donors (Lipinski definition) is 2. The van der Waals surface area contributed by atoms with E-state index in [0.717, 1.165) is 42.8 Å². The van der Waals surface area contributed by atoms with Crippen molar-refractivity contribution in [3.8, 4) is 11.3 Å². The Morgan fingerprint density at radius 3 is 2.42 bits per heavy atom. The molecule has 0 unspecified atom stereocenters. The molecule has 0 bridgehead atoms. The summed E-state index contributed by atoms with van der Waals surface area (Å²) >= 11 is 0. The van der Waals surface area contributed by atoms with Crippen LogP contribution in [0.2, 0.25) is 0 Å². The number of nitrogens with zero attached hydrogens (tertiary/aromatic N) is 8. The van der Waals surface area contributed by atoms with E-state index in [9.17, 15) is 9.90 Å². The van der Waals surface area contributed by atoms with Crippen molar-refractivity contribution in [2.45, 2.75) is 71.6 Å². The molecule has 1 spiro atoms. The van der Waals surface area contributed by atoms with Crippen LogP contribution in [0.3, 0.4) is 0 Å². The Labute approximate surface area is 281 Å². The highest BCUT2D eigenvalue weighted by atomic mass is 19.1. The third-order valence-corrected chi connectivity index (χ3v) is 10.8. The van der Waals surface area contributed by atoms with Crippen molar-refractivity contribution in [1.29, 1.82) is 0 Å². The minimum atomic E-state index is -1.09. The van der Waals surface area contributed by atoms with E-state index in [1.807, 2.05) is 17.6 Å². The van der Waals surface area contributed by atoms with Crippen LogP contribution in [-0.4, -0.2) is 103 Å². The lowest BCUT2D eigenvalue weighted by Gasteiger charge is -2.57. The zero-order valence-corrected chi connectivity index (χ0v) is 29.1. The zero-order chi connectivity index (χ0) is 34.0. The molecule has 0 radical (unpaired) electrons. The molecular weight excluding hydrogens is 609 g/mol. The van der Waals surface area contributed by atoms with Crippen molar-refractivity contribution in [3.05, 3.63) is 53.2 Å². The molecule has 3 saturated heterocycles. The Hall–Kier alpha value is -3.87. The van der Waals surface area contributed by atoms with Gasteiger partial charge in [0.2, 0.25) is 5.95 Å². The maximum atomic E-state index is 15.9. The van der Waals surface area contributed by atoms with Crippen LogP contribution in [0.15, 0.2) is 30.5 Å². The van der Waals surface area contributed by atoms with E-state index in [1.165, 1.54) is 45.1 Å². The van der Waals surface area contributed by atoms with E-state index >= 15 is 4.39 Å². The van der Waals surface area contributed by atoms with Crippen molar-refractivity contribution >= 4 is 28.6 Å². The van der Waals surface area contributed by atoms with Crippen LogP contribution in [0, 0.1) is 25.1 Å². The number of aliphatic hydroxyl groups is 1. The first kappa shape index (κ1) is 32.7. The SMILES string of the molecule is Cc1cc(C(=O)Nc2nc3ccc(N4CCC(N5CC6(CCN(C)CC6)C5)CC4)cc3n2CC(C)(C)O)c(F)c(-c2cnn(C)c2C)n1. The maximum absolute atomic E-state index is 15.9. The quantitative estimate of drug-likeness (QED) is 0.297. The number of carbonyl (C=O) groups excluding carboxylic acids is 1. The van der Waals surface area contributed by atoms with Crippen LogP contribution >= 0.6 is 0 Å². The summed E-state index contributed by atoms with van der Waals surface area (Å²) in [4.78, 5) is 30.4. The molecule has 4 aromatic rings. The van der Waals surface area contributed by atoms with Crippen LogP contribution in [0.4, 0.5) is 16.0 Å². The number of anilines is 2. The second-order valence-electron chi connectivity index (χ2n) is 15.1. The van der Waals surface area contributed by atoms with Crippen LogP contribution in [0.5, 0.6) is 0 Å². The number of hydrogen-bond acceptors (Lipinski definition) is 8. The third-order valence-electron chi connectivity index (χ3n) is 10.8. The van der Waals surface area contributed by atoms with Crippen molar-refractivity contribution in [3.63, 3.8) is 0 Å². The lowest BCUT2D eigenvalue weighted by molar-refractivity contribution is -0.0704. The topological polar surface area (TPSA) is 108 Å². The van der Waals surface area contributed by atoms with Gasteiger partial charge in [0.15, 0.2) is 5.82 Å². The number of pyridine rings is 1. The van der Waals surface area contributed by atoms with Crippen molar-refractivity contribution in [2.75, 3.05) is 56.5 Å². The van der Waals surface area contributed by atoms with Gasteiger partial charge in [0.1, 0.15) is 5.69 Å². The molecule has 0 saturated carbocycles. The lowest BCUT2D eigenvalue weighted by atomic mass is 9.71. The molecule has 1 aromatic carbocycles. The van der Waals surface area contributed by atoms with Crippen molar-refractivity contribution in [1.82, 2.24) is 34.1 Å². The largest absolute Gasteiger partial charge is 0.389 e. The minimum absolute atomic E-state index is 0.0830. The molecule has 0 atom stereocenters. The summed E-state index contributed by atoms with van der Waals surface area (Å²) in [5, 5.41) is 17.9. The monoisotopic (exact) mass is 657 g/mol. The van der Waals surface area contributed by atoms with E-state index < -0.39 is 17.3 Å². The van der Waals surface area contributed by atoms with E-state index in [0.29, 0.717) is 28.2 Å². The Kier molecular flexibility index (Phi) is 8.32. The minimum Gasteiger partial charge on any atom is -0.389 e. The van der Waals surface area contributed by atoms with E-state index in [4.69, 9.17) is 4.98 Å². The van der Waals surface area contributed by atoms with Crippen molar-refractivity contribution < 1.29 is 14.3 Å². The number of benzene rings is 1. The molecule has 0 aliphatic carbocycles. The molecule has 11 nitrogen and oxygen atoms in total. The van der Waals surface area contributed by atoms with E-state index in [1.54, 1.807) is 38.7 Å². The highest BCUT2D eigenvalue weighted by Gasteiger charge is 2.46. The van der Waals surface area contributed by atoms with Gasteiger partial charge in [-0.3, -0.25) is 19.7 Å². The normalized spacial score (nSPS) is 19.3. The molecule has 3 aliphatic rings. The highest BCUT2D eigenvalue weighted by molar-refractivity contribution is 6.05. The molecule has 3 aliphatic heterocycles. The number of rotatable bonds is 7. The van der Waals surface area contributed by atoms with Gasteiger partial charge in [-0.15, -0.1) is 0 Å². The van der Waals surface area contributed by atoms with Gasteiger partial charge >= 0.3 is 0 Å². The molecule has 2 N–H and O–H groups in total. The number of piperidine rings is 2. The van der Waals surface area contributed by atoms with Gasteiger partial charge in [0.05, 0.1) is 34.9 Å². The summed E-state index contributed by atoms with van der Waals surface area (Å²) in [7, 11) is 4.01. The number of halogens is 1. The number of fused-ring (bicyclic) bond motifs is 1. The summed E-state index contributed by atoms with van der Waals surface area (Å²) in [6, 6.07) is 8.23. The van der Waals surface area contributed by atoms with Gasteiger partial charge in [0.25, 0.3) is 5.91 Å². The van der Waals surface area contributed by atoms with Gasteiger partial charge in [-0.2, -0.15) is 5.10 Å².